The SMILES string of the molecule is Cc1cc(C(=O)O)c(CBr)cc1F. The van der Waals surface area contributed by atoms with Gasteiger partial charge in [0.15, 0.2) is 0 Å². The minimum Gasteiger partial charge on any atom is -0.478 e. The molecule has 1 N–H and O–H groups in total. The average Bonchev–Trinajstić information content (AvgIpc) is 2.08. The van der Waals surface area contributed by atoms with Crippen molar-refractivity contribution in [3.05, 3.63) is 34.6 Å². The maximum Gasteiger partial charge on any atom is 0.336 e. The van der Waals surface area contributed by atoms with Gasteiger partial charge < -0.3 is 5.11 Å². The van der Waals surface area contributed by atoms with E-state index in [1.54, 1.807) is 6.92 Å². The van der Waals surface area contributed by atoms with Crippen molar-refractivity contribution in [3.63, 3.8) is 0 Å². The van der Waals surface area contributed by atoms with Gasteiger partial charge >= 0.3 is 5.97 Å². The van der Waals surface area contributed by atoms with Crippen molar-refractivity contribution in [2.75, 3.05) is 0 Å². The summed E-state index contributed by atoms with van der Waals surface area (Å²) in [5.74, 6) is -1.41. The normalized spacial score (nSPS) is 10.1. The first-order valence-corrected chi connectivity index (χ1v) is 4.76. The predicted molar refractivity (Wildman–Crippen MR) is 50.7 cm³/mol. The largest absolute Gasteiger partial charge is 0.478 e. The van der Waals surface area contributed by atoms with Crippen LogP contribution in [0.3, 0.4) is 0 Å². The molecule has 2 nitrogen and oxygen atoms in total. The van der Waals surface area contributed by atoms with Crippen LogP contribution < -0.4 is 0 Å². The van der Waals surface area contributed by atoms with Crippen LogP contribution >= 0.6 is 15.9 Å². The highest BCUT2D eigenvalue weighted by Crippen LogP contribution is 2.17. The minimum atomic E-state index is -1.03. The molecule has 0 aromatic heterocycles. The van der Waals surface area contributed by atoms with E-state index in [-0.39, 0.29) is 11.4 Å². The van der Waals surface area contributed by atoms with Gasteiger partial charge in [0.2, 0.25) is 0 Å². The van der Waals surface area contributed by atoms with Crippen molar-refractivity contribution in [2.45, 2.75) is 12.3 Å². The van der Waals surface area contributed by atoms with E-state index in [9.17, 15) is 9.18 Å². The van der Waals surface area contributed by atoms with E-state index in [4.69, 9.17) is 5.11 Å². The molecule has 0 atom stereocenters. The van der Waals surface area contributed by atoms with Crippen molar-refractivity contribution in [1.29, 1.82) is 0 Å². The van der Waals surface area contributed by atoms with Gasteiger partial charge in [0, 0.05) is 5.33 Å². The van der Waals surface area contributed by atoms with Gasteiger partial charge in [-0.2, -0.15) is 0 Å². The Bertz CT molecular complexity index is 350. The third-order valence-electron chi connectivity index (χ3n) is 1.76. The fourth-order valence-corrected chi connectivity index (χ4v) is 1.50. The van der Waals surface area contributed by atoms with Crippen molar-refractivity contribution in [1.82, 2.24) is 0 Å². The van der Waals surface area contributed by atoms with Crippen molar-refractivity contribution in [3.8, 4) is 0 Å². The highest BCUT2D eigenvalue weighted by atomic mass is 79.9. The van der Waals surface area contributed by atoms with Gasteiger partial charge in [-0.3, -0.25) is 0 Å². The van der Waals surface area contributed by atoms with E-state index in [0.717, 1.165) is 0 Å². The zero-order chi connectivity index (χ0) is 10.0. The number of aryl methyl sites for hydroxylation is 1. The van der Waals surface area contributed by atoms with Gasteiger partial charge in [-0.25, -0.2) is 9.18 Å². The van der Waals surface area contributed by atoms with Crippen molar-refractivity contribution >= 4 is 21.9 Å². The molecule has 0 aliphatic rings. The summed E-state index contributed by atoms with van der Waals surface area (Å²) in [5, 5.41) is 9.11. The topological polar surface area (TPSA) is 37.3 Å². The molecule has 70 valence electrons. The van der Waals surface area contributed by atoms with E-state index in [1.165, 1.54) is 12.1 Å². The number of halogens is 2. The van der Waals surface area contributed by atoms with E-state index in [0.29, 0.717) is 16.5 Å². The average molecular weight is 247 g/mol. The molecular weight excluding hydrogens is 239 g/mol. The number of alkyl halides is 1. The second-order valence-electron chi connectivity index (χ2n) is 2.70. The fraction of sp³-hybridized carbons (Fsp3) is 0.222. The molecular formula is C9H8BrFO2. The molecule has 0 unspecified atom stereocenters. The van der Waals surface area contributed by atoms with Crippen LogP contribution in [-0.4, -0.2) is 11.1 Å². The van der Waals surface area contributed by atoms with Gasteiger partial charge in [-0.15, -0.1) is 0 Å². The lowest BCUT2D eigenvalue weighted by Gasteiger charge is -2.04. The second-order valence-corrected chi connectivity index (χ2v) is 3.26. The predicted octanol–water partition coefficient (Wildman–Crippen LogP) is 2.73. The maximum absolute atomic E-state index is 13.0. The lowest BCUT2D eigenvalue weighted by Crippen LogP contribution is -2.03. The van der Waals surface area contributed by atoms with Crippen LogP contribution in [0.1, 0.15) is 21.5 Å². The Balaban J connectivity index is 3.33. The highest BCUT2D eigenvalue weighted by Gasteiger charge is 2.11. The van der Waals surface area contributed by atoms with Gasteiger partial charge in [0.1, 0.15) is 5.82 Å². The summed E-state index contributed by atoms with van der Waals surface area (Å²) in [5.41, 5.74) is 0.952. The maximum atomic E-state index is 13.0. The number of hydrogen-bond donors (Lipinski definition) is 1. The Morgan fingerprint density at radius 3 is 2.69 bits per heavy atom. The molecule has 0 radical (unpaired) electrons. The number of benzene rings is 1. The molecule has 0 bridgehead atoms. The molecule has 1 rings (SSSR count). The molecule has 0 aliphatic carbocycles. The van der Waals surface area contributed by atoms with Crippen molar-refractivity contribution < 1.29 is 14.3 Å². The van der Waals surface area contributed by atoms with Gasteiger partial charge in [0.05, 0.1) is 5.56 Å². The van der Waals surface area contributed by atoms with E-state index < -0.39 is 5.97 Å². The van der Waals surface area contributed by atoms with Gasteiger partial charge in [-0.1, -0.05) is 15.9 Å². The van der Waals surface area contributed by atoms with Gasteiger partial charge in [-0.05, 0) is 30.2 Å². The number of carboxylic acids is 1. The Morgan fingerprint density at radius 2 is 2.23 bits per heavy atom. The molecule has 1 aromatic rings. The zero-order valence-corrected chi connectivity index (χ0v) is 8.56. The molecule has 4 heteroatoms. The van der Waals surface area contributed by atoms with E-state index in [1.807, 2.05) is 0 Å². The molecule has 0 aliphatic heterocycles. The van der Waals surface area contributed by atoms with Gasteiger partial charge in [0.25, 0.3) is 0 Å². The van der Waals surface area contributed by atoms with Crippen LogP contribution in [0, 0.1) is 12.7 Å². The summed E-state index contributed by atoms with van der Waals surface area (Å²) in [7, 11) is 0. The Morgan fingerprint density at radius 1 is 1.62 bits per heavy atom. The van der Waals surface area contributed by atoms with E-state index >= 15 is 0 Å². The number of hydrogen-bond acceptors (Lipinski definition) is 1. The van der Waals surface area contributed by atoms with Crippen LogP contribution in [0.25, 0.3) is 0 Å². The Kier molecular flexibility index (Phi) is 3.03. The number of aromatic carboxylic acids is 1. The monoisotopic (exact) mass is 246 g/mol. The number of carboxylic acid groups (broad SMARTS) is 1. The lowest BCUT2D eigenvalue weighted by molar-refractivity contribution is 0.0696. The molecule has 1 aromatic carbocycles. The summed E-state index contributed by atoms with van der Waals surface area (Å²) < 4.78 is 13.0. The first-order valence-electron chi connectivity index (χ1n) is 3.64. The molecule has 0 spiro atoms. The Labute approximate surface area is 83.5 Å². The summed E-state index contributed by atoms with van der Waals surface area (Å²) in [6, 6.07) is 2.59. The third-order valence-corrected chi connectivity index (χ3v) is 2.36. The van der Waals surface area contributed by atoms with Crippen molar-refractivity contribution in [2.24, 2.45) is 0 Å². The second kappa shape index (κ2) is 3.87. The fourth-order valence-electron chi connectivity index (χ4n) is 1.03. The van der Waals surface area contributed by atoms with E-state index in [2.05, 4.69) is 15.9 Å². The van der Waals surface area contributed by atoms with Crippen LogP contribution in [-0.2, 0) is 5.33 Å². The number of rotatable bonds is 2. The van der Waals surface area contributed by atoms with Crippen LogP contribution in [0.15, 0.2) is 12.1 Å². The summed E-state index contributed by atoms with van der Waals surface area (Å²) in [4.78, 5) is 10.7. The summed E-state index contributed by atoms with van der Waals surface area (Å²) in [6.45, 7) is 1.54. The molecule has 0 saturated carbocycles. The molecule has 0 heterocycles. The smallest absolute Gasteiger partial charge is 0.336 e. The lowest BCUT2D eigenvalue weighted by atomic mass is 10.1. The Hall–Kier alpha value is -0.900. The zero-order valence-electron chi connectivity index (χ0n) is 6.97. The molecule has 0 amide bonds. The summed E-state index contributed by atoms with van der Waals surface area (Å²) >= 11 is 3.11. The van der Waals surface area contributed by atoms with Crippen LogP contribution in [0.4, 0.5) is 4.39 Å². The minimum absolute atomic E-state index is 0.149. The first kappa shape index (κ1) is 10.2. The standard InChI is InChI=1S/C9H8BrFO2/c1-5-2-7(9(12)13)6(4-10)3-8(5)11/h2-3H,4H2,1H3,(H,12,13). The third kappa shape index (κ3) is 2.06. The molecule has 0 saturated heterocycles. The van der Waals surface area contributed by atoms with Crippen LogP contribution in [0.5, 0.6) is 0 Å². The molecule has 0 fully saturated rings. The highest BCUT2D eigenvalue weighted by molar-refractivity contribution is 9.08. The summed E-state index contributed by atoms with van der Waals surface area (Å²) in [6.07, 6.45) is 0. The molecule has 13 heavy (non-hydrogen) atoms. The number of carbonyl (C=O) groups is 1. The van der Waals surface area contributed by atoms with Crippen LogP contribution in [0.2, 0.25) is 0 Å². The quantitative estimate of drug-likeness (QED) is 0.816. The first-order chi connectivity index (χ1) is 6.06.